The zero-order valence-corrected chi connectivity index (χ0v) is 13.5. The van der Waals surface area contributed by atoms with Crippen LogP contribution in [0.5, 0.6) is 0 Å². The van der Waals surface area contributed by atoms with Crippen molar-refractivity contribution in [3.05, 3.63) is 50.5 Å². The summed E-state index contributed by atoms with van der Waals surface area (Å²) in [5, 5.41) is 15.2. The average molecular weight is 362 g/mol. The van der Waals surface area contributed by atoms with Crippen LogP contribution in [0, 0.1) is 5.82 Å². The van der Waals surface area contributed by atoms with E-state index in [0.717, 1.165) is 17.8 Å². The summed E-state index contributed by atoms with van der Waals surface area (Å²) in [4.78, 5) is 0. The number of nitrogens with zero attached hydrogens (tertiary/aromatic N) is 2. The molecule has 0 aliphatic carbocycles. The monoisotopic (exact) mass is 360 g/mol. The minimum Gasteiger partial charge on any atom is -0.388 e. The molecule has 0 aliphatic heterocycles. The van der Waals surface area contributed by atoms with Gasteiger partial charge in [0.15, 0.2) is 0 Å². The van der Waals surface area contributed by atoms with Crippen LogP contribution in [0.2, 0.25) is 5.02 Å². The SMILES string of the molecule is CCc1nn(C)c(CC(O)c2ccc(F)cc2Br)c1Cl. The fourth-order valence-electron chi connectivity index (χ4n) is 2.11. The maximum atomic E-state index is 13.1. The van der Waals surface area contributed by atoms with Crippen LogP contribution in [0.4, 0.5) is 4.39 Å². The molecule has 20 heavy (non-hydrogen) atoms. The first-order valence-corrected chi connectivity index (χ1v) is 7.44. The molecule has 1 unspecified atom stereocenters. The zero-order chi connectivity index (χ0) is 14.9. The largest absolute Gasteiger partial charge is 0.388 e. The van der Waals surface area contributed by atoms with Gasteiger partial charge in [0.05, 0.1) is 22.5 Å². The average Bonchev–Trinajstić information content (AvgIpc) is 2.66. The lowest BCUT2D eigenvalue weighted by molar-refractivity contribution is 0.175. The van der Waals surface area contributed by atoms with E-state index in [4.69, 9.17) is 11.6 Å². The highest BCUT2D eigenvalue weighted by Gasteiger charge is 2.19. The summed E-state index contributed by atoms with van der Waals surface area (Å²) in [7, 11) is 1.80. The van der Waals surface area contributed by atoms with Gasteiger partial charge in [0, 0.05) is 17.9 Å². The Balaban J connectivity index is 2.27. The van der Waals surface area contributed by atoms with Crippen LogP contribution >= 0.6 is 27.5 Å². The van der Waals surface area contributed by atoms with Crippen molar-refractivity contribution < 1.29 is 9.50 Å². The summed E-state index contributed by atoms with van der Waals surface area (Å²) in [6, 6.07) is 4.22. The molecule has 0 saturated heterocycles. The molecular weight excluding hydrogens is 347 g/mol. The van der Waals surface area contributed by atoms with Gasteiger partial charge in [-0.1, -0.05) is 40.5 Å². The fourth-order valence-corrected chi connectivity index (χ4v) is 3.09. The second-order valence-electron chi connectivity index (χ2n) is 4.57. The quantitative estimate of drug-likeness (QED) is 0.899. The normalized spacial score (nSPS) is 12.7. The van der Waals surface area contributed by atoms with Crippen molar-refractivity contribution in [1.29, 1.82) is 0 Å². The lowest BCUT2D eigenvalue weighted by atomic mass is 10.0. The molecular formula is C14H15BrClFN2O. The molecule has 1 aromatic heterocycles. The van der Waals surface area contributed by atoms with Gasteiger partial charge in [0.1, 0.15) is 5.82 Å². The first kappa shape index (κ1) is 15.5. The number of aliphatic hydroxyl groups is 1. The van der Waals surface area contributed by atoms with E-state index in [1.807, 2.05) is 6.92 Å². The van der Waals surface area contributed by atoms with E-state index in [0.29, 0.717) is 21.5 Å². The molecule has 1 atom stereocenters. The Labute approximate surface area is 130 Å². The van der Waals surface area contributed by atoms with Gasteiger partial charge < -0.3 is 5.11 Å². The van der Waals surface area contributed by atoms with E-state index in [1.54, 1.807) is 17.8 Å². The number of benzene rings is 1. The lowest BCUT2D eigenvalue weighted by Crippen LogP contribution is -2.07. The van der Waals surface area contributed by atoms with Gasteiger partial charge in [-0.3, -0.25) is 4.68 Å². The molecule has 0 radical (unpaired) electrons. The van der Waals surface area contributed by atoms with Gasteiger partial charge in [-0.05, 0) is 24.1 Å². The summed E-state index contributed by atoms with van der Waals surface area (Å²) < 4.78 is 15.3. The van der Waals surface area contributed by atoms with Gasteiger partial charge in [0.25, 0.3) is 0 Å². The van der Waals surface area contributed by atoms with Gasteiger partial charge in [-0.25, -0.2) is 4.39 Å². The van der Waals surface area contributed by atoms with Gasteiger partial charge in [0.2, 0.25) is 0 Å². The molecule has 108 valence electrons. The number of aliphatic hydroxyl groups excluding tert-OH is 1. The fraction of sp³-hybridized carbons (Fsp3) is 0.357. The van der Waals surface area contributed by atoms with Crippen LogP contribution in [-0.4, -0.2) is 14.9 Å². The van der Waals surface area contributed by atoms with Crippen LogP contribution in [0.15, 0.2) is 22.7 Å². The van der Waals surface area contributed by atoms with E-state index >= 15 is 0 Å². The number of aryl methyl sites for hydroxylation is 2. The molecule has 0 bridgehead atoms. The van der Waals surface area contributed by atoms with E-state index in [2.05, 4.69) is 21.0 Å². The molecule has 0 amide bonds. The van der Waals surface area contributed by atoms with Crippen LogP contribution in [0.3, 0.4) is 0 Å². The summed E-state index contributed by atoms with van der Waals surface area (Å²) in [5.74, 6) is -0.348. The maximum Gasteiger partial charge on any atom is 0.124 e. The number of halogens is 3. The molecule has 2 aromatic rings. The third-order valence-electron chi connectivity index (χ3n) is 3.21. The number of hydrogen-bond donors (Lipinski definition) is 1. The van der Waals surface area contributed by atoms with E-state index in [-0.39, 0.29) is 5.82 Å². The van der Waals surface area contributed by atoms with E-state index < -0.39 is 6.10 Å². The Kier molecular flexibility index (Phi) is 4.83. The number of hydrogen-bond acceptors (Lipinski definition) is 2. The molecule has 0 saturated carbocycles. The first-order valence-electron chi connectivity index (χ1n) is 6.27. The smallest absolute Gasteiger partial charge is 0.124 e. The van der Waals surface area contributed by atoms with Gasteiger partial charge in [-0.15, -0.1) is 0 Å². The molecule has 2 rings (SSSR count). The van der Waals surface area contributed by atoms with E-state index in [9.17, 15) is 9.50 Å². The topological polar surface area (TPSA) is 38.0 Å². The predicted octanol–water partition coefficient (Wildman–Crippen LogP) is 3.81. The number of rotatable bonds is 4. The van der Waals surface area contributed by atoms with Crippen molar-refractivity contribution in [3.63, 3.8) is 0 Å². The van der Waals surface area contributed by atoms with Crippen molar-refractivity contribution >= 4 is 27.5 Å². The Morgan fingerprint density at radius 3 is 2.75 bits per heavy atom. The van der Waals surface area contributed by atoms with E-state index in [1.165, 1.54) is 12.1 Å². The molecule has 0 aliphatic rings. The summed E-state index contributed by atoms with van der Waals surface area (Å²) >= 11 is 9.52. The van der Waals surface area contributed by atoms with Crippen LogP contribution in [0.1, 0.15) is 30.0 Å². The lowest BCUT2D eigenvalue weighted by Gasteiger charge is -2.13. The molecule has 1 N–H and O–H groups in total. The Hall–Kier alpha value is -0.910. The molecule has 1 heterocycles. The van der Waals surface area contributed by atoms with Crippen LogP contribution < -0.4 is 0 Å². The van der Waals surface area contributed by atoms with Crippen molar-refractivity contribution in [3.8, 4) is 0 Å². The van der Waals surface area contributed by atoms with Crippen molar-refractivity contribution in [2.24, 2.45) is 7.05 Å². The minimum atomic E-state index is -0.775. The summed E-state index contributed by atoms with van der Waals surface area (Å²) in [6.45, 7) is 1.98. The highest BCUT2D eigenvalue weighted by molar-refractivity contribution is 9.10. The highest BCUT2D eigenvalue weighted by Crippen LogP contribution is 2.30. The Morgan fingerprint density at radius 2 is 2.20 bits per heavy atom. The standard InChI is InChI=1S/C14H15BrClFN2O/c1-3-11-14(16)12(19(2)18-11)7-13(20)9-5-4-8(17)6-10(9)15/h4-6,13,20H,3,7H2,1-2H3. The second kappa shape index (κ2) is 6.24. The molecule has 0 fully saturated rings. The van der Waals surface area contributed by atoms with Crippen molar-refractivity contribution in [2.75, 3.05) is 0 Å². The summed E-state index contributed by atoms with van der Waals surface area (Å²) in [6.07, 6.45) is 0.290. The third kappa shape index (κ3) is 3.05. The van der Waals surface area contributed by atoms with Crippen molar-refractivity contribution in [1.82, 2.24) is 9.78 Å². The maximum absolute atomic E-state index is 13.1. The predicted molar refractivity (Wildman–Crippen MR) is 80.4 cm³/mol. The Morgan fingerprint density at radius 1 is 1.50 bits per heavy atom. The number of aromatic nitrogens is 2. The van der Waals surface area contributed by atoms with Crippen LogP contribution in [0.25, 0.3) is 0 Å². The molecule has 3 nitrogen and oxygen atoms in total. The third-order valence-corrected chi connectivity index (χ3v) is 4.33. The highest BCUT2D eigenvalue weighted by atomic mass is 79.9. The molecule has 6 heteroatoms. The minimum absolute atomic E-state index is 0.326. The Bertz CT molecular complexity index is 630. The van der Waals surface area contributed by atoms with Gasteiger partial charge >= 0.3 is 0 Å². The molecule has 0 spiro atoms. The van der Waals surface area contributed by atoms with Gasteiger partial charge in [-0.2, -0.15) is 5.10 Å². The molecule has 1 aromatic carbocycles. The zero-order valence-electron chi connectivity index (χ0n) is 11.2. The van der Waals surface area contributed by atoms with Crippen molar-refractivity contribution in [2.45, 2.75) is 25.9 Å². The first-order chi connectivity index (χ1) is 9.43. The second-order valence-corrected chi connectivity index (χ2v) is 5.80. The van der Waals surface area contributed by atoms with Crippen LogP contribution in [-0.2, 0) is 19.9 Å². The summed E-state index contributed by atoms with van der Waals surface area (Å²) in [5.41, 5.74) is 2.21.